The molecule has 0 spiro atoms. The maximum atomic E-state index is 6.01. The van der Waals surface area contributed by atoms with Crippen molar-refractivity contribution in [3.05, 3.63) is 63.6 Å². The van der Waals surface area contributed by atoms with Crippen LogP contribution in [0.3, 0.4) is 0 Å². The summed E-state index contributed by atoms with van der Waals surface area (Å²) in [5.41, 5.74) is 5.69. The van der Waals surface area contributed by atoms with Gasteiger partial charge in [0.2, 0.25) is 0 Å². The van der Waals surface area contributed by atoms with Crippen molar-refractivity contribution in [3.8, 4) is 0 Å². The summed E-state index contributed by atoms with van der Waals surface area (Å²) in [6.07, 6.45) is 1.72. The number of nitrogens with one attached hydrogen (secondary N) is 1. The van der Waals surface area contributed by atoms with Gasteiger partial charge >= 0.3 is 0 Å². The van der Waals surface area contributed by atoms with Crippen molar-refractivity contribution in [2.45, 2.75) is 6.92 Å². The second-order valence-corrected chi connectivity index (χ2v) is 4.69. The molecule has 0 fully saturated rings. The van der Waals surface area contributed by atoms with Gasteiger partial charge in [-0.15, -0.1) is 0 Å². The summed E-state index contributed by atoms with van der Waals surface area (Å²) in [6.45, 7) is 2.04. The number of nitrogens with zero attached hydrogens (tertiary/aromatic N) is 1. The first-order valence-corrected chi connectivity index (χ1v) is 6.22. The lowest BCUT2D eigenvalue weighted by Crippen LogP contribution is -1.92. The second-order valence-electron chi connectivity index (χ2n) is 3.88. The summed E-state index contributed by atoms with van der Waals surface area (Å²) in [4.78, 5) is 0. The van der Waals surface area contributed by atoms with Crippen LogP contribution in [0.2, 0.25) is 10.0 Å². The first-order chi connectivity index (χ1) is 8.66. The van der Waals surface area contributed by atoms with E-state index in [0.29, 0.717) is 15.7 Å². The number of halogens is 2. The Bertz CT molecular complexity index is 542. The van der Waals surface area contributed by atoms with Crippen LogP contribution in [-0.4, -0.2) is 6.21 Å². The summed E-state index contributed by atoms with van der Waals surface area (Å²) in [5, 5.41) is 5.21. The fourth-order valence-electron chi connectivity index (χ4n) is 1.43. The molecular formula is C14H12Cl2N2. The molecule has 2 aromatic rings. The number of hydrogen-bond donors (Lipinski definition) is 1. The van der Waals surface area contributed by atoms with E-state index < -0.39 is 0 Å². The average molecular weight is 279 g/mol. The Morgan fingerprint density at radius 1 is 1.00 bits per heavy atom. The van der Waals surface area contributed by atoms with Crippen molar-refractivity contribution in [1.82, 2.24) is 0 Å². The van der Waals surface area contributed by atoms with Crippen molar-refractivity contribution < 1.29 is 0 Å². The SMILES string of the molecule is Cc1ccc(/C=N/Nc2c(Cl)cccc2Cl)cc1. The van der Waals surface area contributed by atoms with Gasteiger partial charge in [0.05, 0.1) is 21.9 Å². The molecule has 2 rings (SSSR count). The van der Waals surface area contributed by atoms with E-state index >= 15 is 0 Å². The van der Waals surface area contributed by atoms with Crippen LogP contribution in [0.25, 0.3) is 0 Å². The molecule has 0 aliphatic heterocycles. The lowest BCUT2D eigenvalue weighted by Gasteiger charge is -2.04. The van der Waals surface area contributed by atoms with E-state index in [1.165, 1.54) is 5.56 Å². The minimum Gasteiger partial charge on any atom is -0.275 e. The van der Waals surface area contributed by atoms with Crippen molar-refractivity contribution in [3.63, 3.8) is 0 Å². The highest BCUT2D eigenvalue weighted by Gasteiger charge is 2.02. The normalized spacial score (nSPS) is 10.8. The predicted molar refractivity (Wildman–Crippen MR) is 78.9 cm³/mol. The summed E-state index contributed by atoms with van der Waals surface area (Å²) in [7, 11) is 0. The zero-order valence-corrected chi connectivity index (χ0v) is 11.3. The third-order valence-corrected chi connectivity index (χ3v) is 3.06. The maximum absolute atomic E-state index is 6.01. The molecule has 0 aromatic heterocycles. The van der Waals surface area contributed by atoms with E-state index in [0.717, 1.165) is 5.56 Å². The molecule has 0 aliphatic carbocycles. The van der Waals surface area contributed by atoms with E-state index in [1.807, 2.05) is 31.2 Å². The molecule has 0 bridgehead atoms. The van der Waals surface area contributed by atoms with Crippen molar-refractivity contribution in [1.29, 1.82) is 0 Å². The molecule has 0 saturated carbocycles. The maximum Gasteiger partial charge on any atom is 0.0934 e. The van der Waals surface area contributed by atoms with E-state index in [-0.39, 0.29) is 0 Å². The molecule has 0 radical (unpaired) electrons. The summed E-state index contributed by atoms with van der Waals surface area (Å²) >= 11 is 12.0. The smallest absolute Gasteiger partial charge is 0.0934 e. The summed E-state index contributed by atoms with van der Waals surface area (Å²) in [5.74, 6) is 0. The molecular weight excluding hydrogens is 267 g/mol. The predicted octanol–water partition coefficient (Wildman–Crippen LogP) is 4.75. The largest absolute Gasteiger partial charge is 0.275 e. The molecule has 92 valence electrons. The van der Waals surface area contributed by atoms with Gasteiger partial charge in [0.1, 0.15) is 0 Å². The van der Waals surface area contributed by atoms with Crippen molar-refractivity contribution in [2.75, 3.05) is 5.43 Å². The minimum atomic E-state index is 0.545. The highest BCUT2D eigenvalue weighted by molar-refractivity contribution is 6.39. The fraction of sp³-hybridized carbons (Fsp3) is 0.0714. The van der Waals surface area contributed by atoms with E-state index in [1.54, 1.807) is 24.4 Å². The number of rotatable bonds is 3. The molecule has 0 heterocycles. The molecule has 2 nitrogen and oxygen atoms in total. The Labute approximate surface area is 116 Å². The van der Waals surface area contributed by atoms with Gasteiger partial charge < -0.3 is 0 Å². The Morgan fingerprint density at radius 3 is 2.22 bits per heavy atom. The highest BCUT2D eigenvalue weighted by atomic mass is 35.5. The molecule has 2 aromatic carbocycles. The number of anilines is 1. The third kappa shape index (κ3) is 3.25. The van der Waals surface area contributed by atoms with Gasteiger partial charge in [-0.3, -0.25) is 5.43 Å². The molecule has 1 N–H and O–H groups in total. The minimum absolute atomic E-state index is 0.545. The monoisotopic (exact) mass is 278 g/mol. The van der Waals surface area contributed by atoms with Crippen molar-refractivity contribution in [2.24, 2.45) is 5.10 Å². The van der Waals surface area contributed by atoms with Crippen LogP contribution in [0.15, 0.2) is 47.6 Å². The van der Waals surface area contributed by atoms with Gasteiger partial charge in [0.25, 0.3) is 0 Å². The van der Waals surface area contributed by atoms with Crippen LogP contribution in [-0.2, 0) is 0 Å². The number of aryl methyl sites for hydroxylation is 1. The van der Waals surface area contributed by atoms with E-state index in [4.69, 9.17) is 23.2 Å². The van der Waals surface area contributed by atoms with Gasteiger partial charge in [-0.2, -0.15) is 5.10 Å². The van der Waals surface area contributed by atoms with Gasteiger partial charge in [-0.25, -0.2) is 0 Å². The van der Waals surface area contributed by atoms with Gasteiger partial charge in [0.15, 0.2) is 0 Å². The topological polar surface area (TPSA) is 24.4 Å². The molecule has 0 atom stereocenters. The van der Waals surface area contributed by atoms with Crippen LogP contribution >= 0.6 is 23.2 Å². The Morgan fingerprint density at radius 2 is 1.61 bits per heavy atom. The fourth-order valence-corrected chi connectivity index (χ4v) is 1.91. The van der Waals surface area contributed by atoms with Gasteiger partial charge in [-0.05, 0) is 24.6 Å². The van der Waals surface area contributed by atoms with Crippen LogP contribution in [0.4, 0.5) is 5.69 Å². The molecule has 0 aliphatic rings. The first kappa shape index (κ1) is 12.9. The van der Waals surface area contributed by atoms with Crippen LogP contribution in [0.1, 0.15) is 11.1 Å². The number of para-hydroxylation sites is 1. The molecule has 0 saturated heterocycles. The standard InChI is InChI=1S/C14H12Cl2N2/c1-10-5-7-11(8-6-10)9-17-18-14-12(15)3-2-4-13(14)16/h2-9,18H,1H3/b17-9+. The average Bonchev–Trinajstić information content (AvgIpc) is 2.35. The molecule has 4 heteroatoms. The van der Waals surface area contributed by atoms with Crippen LogP contribution in [0, 0.1) is 6.92 Å². The Kier molecular flexibility index (Phi) is 4.24. The van der Waals surface area contributed by atoms with Crippen molar-refractivity contribution >= 4 is 35.1 Å². The highest BCUT2D eigenvalue weighted by Crippen LogP contribution is 2.29. The zero-order valence-electron chi connectivity index (χ0n) is 9.82. The lowest BCUT2D eigenvalue weighted by molar-refractivity contribution is 1.35. The van der Waals surface area contributed by atoms with E-state index in [9.17, 15) is 0 Å². The quantitative estimate of drug-likeness (QED) is 0.636. The van der Waals surface area contributed by atoms with Gasteiger partial charge in [-0.1, -0.05) is 59.1 Å². The van der Waals surface area contributed by atoms with E-state index in [2.05, 4.69) is 10.5 Å². The third-order valence-electron chi connectivity index (χ3n) is 2.43. The summed E-state index contributed by atoms with van der Waals surface area (Å²) < 4.78 is 0. The Hall–Kier alpha value is -1.51. The second kappa shape index (κ2) is 5.89. The Balaban J connectivity index is 2.09. The molecule has 18 heavy (non-hydrogen) atoms. The first-order valence-electron chi connectivity index (χ1n) is 5.46. The lowest BCUT2D eigenvalue weighted by atomic mass is 10.2. The van der Waals surface area contributed by atoms with Crippen LogP contribution in [0.5, 0.6) is 0 Å². The van der Waals surface area contributed by atoms with Crippen LogP contribution < -0.4 is 5.43 Å². The number of hydrogen-bond acceptors (Lipinski definition) is 2. The zero-order chi connectivity index (χ0) is 13.0. The number of hydrazone groups is 1. The summed E-state index contributed by atoms with van der Waals surface area (Å²) in [6, 6.07) is 13.4. The van der Waals surface area contributed by atoms with Gasteiger partial charge in [0, 0.05) is 0 Å². The number of benzene rings is 2. The molecule has 0 amide bonds. The molecule has 0 unspecified atom stereocenters.